The molecule has 0 unspecified atom stereocenters. The summed E-state index contributed by atoms with van der Waals surface area (Å²) < 4.78 is 0. The molecule has 0 bridgehead atoms. The van der Waals surface area contributed by atoms with Crippen LogP contribution in [0, 0.1) is 5.92 Å². The first-order chi connectivity index (χ1) is 7.76. The van der Waals surface area contributed by atoms with Crippen LogP contribution >= 0.6 is 0 Å². The molecule has 0 atom stereocenters. The molecule has 3 nitrogen and oxygen atoms in total. The van der Waals surface area contributed by atoms with E-state index in [1.54, 1.807) is 0 Å². The van der Waals surface area contributed by atoms with Crippen molar-refractivity contribution in [2.24, 2.45) is 5.92 Å². The zero-order valence-electron chi connectivity index (χ0n) is 10.7. The predicted molar refractivity (Wildman–Crippen MR) is 67.3 cm³/mol. The van der Waals surface area contributed by atoms with Crippen LogP contribution in [0.15, 0.2) is 0 Å². The van der Waals surface area contributed by atoms with E-state index >= 15 is 0 Å². The van der Waals surface area contributed by atoms with E-state index < -0.39 is 0 Å². The van der Waals surface area contributed by atoms with Crippen molar-refractivity contribution in [2.75, 3.05) is 13.6 Å². The lowest BCUT2D eigenvalue weighted by Gasteiger charge is -2.28. The molecule has 0 aromatic carbocycles. The van der Waals surface area contributed by atoms with Gasteiger partial charge in [-0.1, -0.05) is 19.8 Å². The highest BCUT2D eigenvalue weighted by Crippen LogP contribution is 2.27. The smallest absolute Gasteiger partial charge is 0.221 e. The van der Waals surface area contributed by atoms with Gasteiger partial charge in [0, 0.05) is 19.0 Å². The van der Waals surface area contributed by atoms with Gasteiger partial charge in [-0.05, 0) is 38.6 Å². The van der Waals surface area contributed by atoms with Gasteiger partial charge >= 0.3 is 0 Å². The van der Waals surface area contributed by atoms with Crippen molar-refractivity contribution >= 4 is 5.91 Å². The molecular weight excluding hydrogens is 200 g/mol. The summed E-state index contributed by atoms with van der Waals surface area (Å²) in [6, 6.07) is 0.442. The third-order valence-electron chi connectivity index (χ3n) is 3.51. The molecule has 0 spiro atoms. The molecule has 0 saturated heterocycles. The van der Waals surface area contributed by atoms with Crippen molar-refractivity contribution in [1.29, 1.82) is 0 Å². The topological polar surface area (TPSA) is 41.1 Å². The van der Waals surface area contributed by atoms with Crippen LogP contribution in [0.25, 0.3) is 0 Å². The van der Waals surface area contributed by atoms with Crippen molar-refractivity contribution in [2.45, 2.75) is 57.9 Å². The predicted octanol–water partition coefficient (Wildman–Crippen LogP) is 2.07. The summed E-state index contributed by atoms with van der Waals surface area (Å²) in [4.78, 5) is 11.5. The molecule has 1 saturated carbocycles. The van der Waals surface area contributed by atoms with E-state index in [0.717, 1.165) is 12.5 Å². The Kier molecular flexibility index (Phi) is 6.46. The Morgan fingerprint density at radius 1 is 1.25 bits per heavy atom. The Labute approximate surface area is 99.4 Å². The summed E-state index contributed by atoms with van der Waals surface area (Å²) in [6.45, 7) is 3.03. The van der Waals surface area contributed by atoms with Gasteiger partial charge in [-0.15, -0.1) is 0 Å². The van der Waals surface area contributed by atoms with Crippen LogP contribution < -0.4 is 10.6 Å². The lowest BCUT2D eigenvalue weighted by molar-refractivity contribution is -0.121. The van der Waals surface area contributed by atoms with E-state index in [9.17, 15) is 4.79 Å². The highest BCUT2D eigenvalue weighted by Gasteiger charge is 2.21. The van der Waals surface area contributed by atoms with E-state index in [2.05, 4.69) is 17.6 Å². The SMILES string of the molecule is CCCC1CCC(NC(=O)CCNC)CC1. The Bertz CT molecular complexity index is 198. The fraction of sp³-hybridized carbons (Fsp3) is 0.923. The van der Waals surface area contributed by atoms with Crippen molar-refractivity contribution in [3.05, 3.63) is 0 Å². The number of nitrogens with one attached hydrogen (secondary N) is 2. The van der Waals surface area contributed by atoms with Gasteiger partial charge in [-0.2, -0.15) is 0 Å². The summed E-state index contributed by atoms with van der Waals surface area (Å²) in [5, 5.41) is 6.14. The molecule has 1 aliphatic carbocycles. The molecule has 0 heterocycles. The molecule has 1 amide bonds. The first-order valence-corrected chi connectivity index (χ1v) is 6.70. The van der Waals surface area contributed by atoms with Gasteiger partial charge in [-0.3, -0.25) is 4.79 Å². The van der Waals surface area contributed by atoms with Crippen molar-refractivity contribution in [1.82, 2.24) is 10.6 Å². The molecule has 1 rings (SSSR count). The monoisotopic (exact) mass is 226 g/mol. The third-order valence-corrected chi connectivity index (χ3v) is 3.51. The molecule has 16 heavy (non-hydrogen) atoms. The minimum absolute atomic E-state index is 0.202. The van der Waals surface area contributed by atoms with E-state index in [1.165, 1.54) is 38.5 Å². The normalized spacial score (nSPS) is 25.4. The van der Waals surface area contributed by atoms with E-state index in [-0.39, 0.29) is 5.91 Å². The number of amides is 1. The largest absolute Gasteiger partial charge is 0.353 e. The average molecular weight is 226 g/mol. The van der Waals surface area contributed by atoms with Gasteiger partial charge in [0.25, 0.3) is 0 Å². The van der Waals surface area contributed by atoms with E-state index in [4.69, 9.17) is 0 Å². The number of rotatable bonds is 6. The highest BCUT2D eigenvalue weighted by atomic mass is 16.1. The molecule has 1 aliphatic rings. The summed E-state index contributed by atoms with van der Waals surface area (Å²) in [5.41, 5.74) is 0. The Morgan fingerprint density at radius 3 is 2.50 bits per heavy atom. The van der Waals surface area contributed by atoms with E-state index in [0.29, 0.717) is 12.5 Å². The quantitative estimate of drug-likeness (QED) is 0.728. The van der Waals surface area contributed by atoms with Gasteiger partial charge < -0.3 is 10.6 Å². The van der Waals surface area contributed by atoms with Gasteiger partial charge in [0.2, 0.25) is 5.91 Å². The summed E-state index contributed by atoms with van der Waals surface area (Å²) in [7, 11) is 1.88. The number of hydrogen-bond donors (Lipinski definition) is 2. The summed E-state index contributed by atoms with van der Waals surface area (Å²) in [5.74, 6) is 1.11. The first-order valence-electron chi connectivity index (χ1n) is 6.70. The maximum absolute atomic E-state index is 11.5. The zero-order valence-corrected chi connectivity index (χ0v) is 10.7. The molecule has 0 radical (unpaired) electrons. The van der Waals surface area contributed by atoms with Crippen LogP contribution in [0.3, 0.4) is 0 Å². The number of hydrogen-bond acceptors (Lipinski definition) is 2. The fourth-order valence-electron chi connectivity index (χ4n) is 2.54. The highest BCUT2D eigenvalue weighted by molar-refractivity contribution is 5.76. The third kappa shape index (κ3) is 4.97. The van der Waals surface area contributed by atoms with Gasteiger partial charge in [-0.25, -0.2) is 0 Å². The molecule has 3 heteroatoms. The Morgan fingerprint density at radius 2 is 1.94 bits per heavy atom. The van der Waals surface area contributed by atoms with Gasteiger partial charge in [0.05, 0.1) is 0 Å². The minimum atomic E-state index is 0.202. The maximum Gasteiger partial charge on any atom is 0.221 e. The number of carbonyl (C=O) groups excluding carboxylic acids is 1. The standard InChI is InChI=1S/C13H26N2O/c1-3-4-11-5-7-12(8-6-11)15-13(16)9-10-14-2/h11-12,14H,3-10H2,1-2H3,(H,15,16). The minimum Gasteiger partial charge on any atom is -0.353 e. The number of carbonyl (C=O) groups is 1. The average Bonchev–Trinajstić information content (AvgIpc) is 2.29. The van der Waals surface area contributed by atoms with E-state index in [1.807, 2.05) is 7.05 Å². The van der Waals surface area contributed by atoms with Crippen LogP contribution in [-0.2, 0) is 4.79 Å². The first kappa shape index (κ1) is 13.5. The van der Waals surface area contributed by atoms with Crippen LogP contribution in [0.1, 0.15) is 51.9 Å². The second-order valence-corrected chi connectivity index (χ2v) is 4.93. The van der Waals surface area contributed by atoms with Crippen molar-refractivity contribution < 1.29 is 4.79 Å². The molecule has 1 fully saturated rings. The lowest BCUT2D eigenvalue weighted by atomic mass is 9.83. The fourth-order valence-corrected chi connectivity index (χ4v) is 2.54. The summed E-state index contributed by atoms with van der Waals surface area (Å²) >= 11 is 0. The molecule has 0 aliphatic heterocycles. The van der Waals surface area contributed by atoms with Crippen molar-refractivity contribution in [3.8, 4) is 0 Å². The lowest BCUT2D eigenvalue weighted by Crippen LogP contribution is -2.38. The maximum atomic E-state index is 11.5. The van der Waals surface area contributed by atoms with Crippen LogP contribution in [0.4, 0.5) is 0 Å². The molecule has 0 aromatic rings. The second kappa shape index (κ2) is 7.66. The second-order valence-electron chi connectivity index (χ2n) is 4.93. The van der Waals surface area contributed by atoms with Crippen molar-refractivity contribution in [3.63, 3.8) is 0 Å². The van der Waals surface area contributed by atoms with Gasteiger partial charge in [0.1, 0.15) is 0 Å². The van der Waals surface area contributed by atoms with Gasteiger partial charge in [0.15, 0.2) is 0 Å². The zero-order chi connectivity index (χ0) is 11.8. The molecule has 2 N–H and O–H groups in total. The molecular formula is C13H26N2O. The van der Waals surface area contributed by atoms with Crippen LogP contribution in [0.5, 0.6) is 0 Å². The van der Waals surface area contributed by atoms with Crippen LogP contribution in [-0.4, -0.2) is 25.5 Å². The Balaban J connectivity index is 2.14. The molecule has 0 aromatic heterocycles. The Hall–Kier alpha value is -0.570. The summed E-state index contributed by atoms with van der Waals surface area (Å²) in [6.07, 6.45) is 8.21. The van der Waals surface area contributed by atoms with Crippen LogP contribution in [0.2, 0.25) is 0 Å². The molecule has 94 valence electrons.